The second-order valence-corrected chi connectivity index (χ2v) is 3.38. The molecule has 0 saturated heterocycles. The molecule has 0 radical (unpaired) electrons. The Morgan fingerprint density at radius 1 is 1.27 bits per heavy atom. The van der Waals surface area contributed by atoms with E-state index >= 15 is 0 Å². The number of rotatable bonds is 2. The van der Waals surface area contributed by atoms with Gasteiger partial charge in [0, 0.05) is 6.08 Å². The van der Waals surface area contributed by atoms with E-state index in [1.807, 2.05) is 0 Å². The zero-order valence-corrected chi connectivity index (χ0v) is 9.58. The lowest BCUT2D eigenvalue weighted by molar-refractivity contribution is -0.137. The summed E-state index contributed by atoms with van der Waals surface area (Å²) in [6.07, 6.45) is 1.17. The van der Waals surface area contributed by atoms with E-state index in [9.17, 15) is 14.4 Å². The fourth-order valence-corrected chi connectivity index (χ4v) is 1.46. The van der Waals surface area contributed by atoms with Crippen molar-refractivity contribution < 1.29 is 23.9 Å². The van der Waals surface area contributed by atoms with Gasteiger partial charge in [-0.05, 0) is 15.9 Å². The van der Waals surface area contributed by atoms with Crippen LogP contribution in [-0.4, -0.2) is 31.8 Å². The molecule has 0 atom stereocenters. The van der Waals surface area contributed by atoms with Gasteiger partial charge in [-0.2, -0.15) is 0 Å². The van der Waals surface area contributed by atoms with Crippen molar-refractivity contribution in [1.29, 1.82) is 0 Å². The van der Waals surface area contributed by atoms with Gasteiger partial charge in [0.1, 0.15) is 0 Å². The molecule has 0 aromatic rings. The summed E-state index contributed by atoms with van der Waals surface area (Å²) in [6, 6.07) is 0. The van der Waals surface area contributed by atoms with Crippen LogP contribution in [0.3, 0.4) is 0 Å². The Balaban J connectivity index is 3.26. The van der Waals surface area contributed by atoms with E-state index in [1.165, 1.54) is 20.3 Å². The average Bonchev–Trinajstić information content (AvgIpc) is 2.25. The lowest BCUT2D eigenvalue weighted by Gasteiger charge is -2.12. The van der Waals surface area contributed by atoms with Crippen LogP contribution in [0.2, 0.25) is 0 Å². The van der Waals surface area contributed by atoms with E-state index < -0.39 is 17.5 Å². The monoisotopic (exact) mass is 274 g/mol. The Kier molecular flexibility index (Phi) is 3.41. The van der Waals surface area contributed by atoms with E-state index in [-0.39, 0.29) is 15.8 Å². The molecule has 5 nitrogen and oxygen atoms in total. The second-order valence-electron chi connectivity index (χ2n) is 2.59. The van der Waals surface area contributed by atoms with Gasteiger partial charge in [-0.1, -0.05) is 0 Å². The number of hydrogen-bond donors (Lipinski definition) is 0. The van der Waals surface area contributed by atoms with E-state index in [0.29, 0.717) is 0 Å². The third-order valence-electron chi connectivity index (χ3n) is 1.77. The van der Waals surface area contributed by atoms with Gasteiger partial charge in [0.25, 0.3) is 5.78 Å². The SMILES string of the molecule is COC(=O)C1=C(Br)C(=O)C(=O)C(OC)=C1. The number of methoxy groups -OCH3 is 2. The highest BCUT2D eigenvalue weighted by atomic mass is 79.9. The number of Topliss-reactive ketones (excluding diaryl/α,β-unsaturated/α-hetero) is 2. The summed E-state index contributed by atoms with van der Waals surface area (Å²) in [6.45, 7) is 0. The van der Waals surface area contributed by atoms with Crippen molar-refractivity contribution in [2.75, 3.05) is 14.2 Å². The Morgan fingerprint density at radius 2 is 1.87 bits per heavy atom. The van der Waals surface area contributed by atoms with Gasteiger partial charge in [-0.3, -0.25) is 9.59 Å². The predicted molar refractivity (Wildman–Crippen MR) is 53.1 cm³/mol. The number of halogens is 1. The Bertz CT molecular complexity index is 405. The second kappa shape index (κ2) is 4.39. The molecule has 0 aliphatic heterocycles. The maximum atomic E-state index is 11.3. The maximum absolute atomic E-state index is 11.3. The molecule has 0 fully saturated rings. The Hall–Kier alpha value is -1.43. The third kappa shape index (κ3) is 1.99. The third-order valence-corrected chi connectivity index (χ3v) is 2.55. The van der Waals surface area contributed by atoms with Crippen LogP contribution in [0.4, 0.5) is 0 Å². The first-order chi connectivity index (χ1) is 7.02. The first-order valence-corrected chi connectivity index (χ1v) is 4.65. The quantitative estimate of drug-likeness (QED) is 0.417. The van der Waals surface area contributed by atoms with E-state index in [2.05, 4.69) is 25.4 Å². The Morgan fingerprint density at radius 3 is 2.33 bits per heavy atom. The maximum Gasteiger partial charge on any atom is 0.339 e. The highest BCUT2D eigenvalue weighted by Gasteiger charge is 2.32. The first kappa shape index (κ1) is 11.6. The molecule has 0 N–H and O–H groups in total. The van der Waals surface area contributed by atoms with Crippen LogP contribution in [0.5, 0.6) is 0 Å². The minimum absolute atomic E-state index is 0.0287. The lowest BCUT2D eigenvalue weighted by atomic mass is 10.0. The summed E-state index contributed by atoms with van der Waals surface area (Å²) in [7, 11) is 2.42. The molecule has 0 aromatic heterocycles. The average molecular weight is 275 g/mol. The number of ketones is 2. The van der Waals surface area contributed by atoms with Crippen molar-refractivity contribution in [2.24, 2.45) is 0 Å². The summed E-state index contributed by atoms with van der Waals surface area (Å²) in [5.41, 5.74) is -0.0287. The molecule has 0 saturated carbocycles. The minimum Gasteiger partial charge on any atom is -0.492 e. The Labute approximate surface area is 93.9 Å². The van der Waals surface area contributed by atoms with Crippen LogP contribution >= 0.6 is 15.9 Å². The molecule has 0 unspecified atom stereocenters. The lowest BCUT2D eigenvalue weighted by Crippen LogP contribution is -2.24. The topological polar surface area (TPSA) is 69.7 Å². The van der Waals surface area contributed by atoms with Crippen LogP contribution in [0.1, 0.15) is 0 Å². The van der Waals surface area contributed by atoms with Crippen molar-refractivity contribution in [2.45, 2.75) is 0 Å². The van der Waals surface area contributed by atoms with Gasteiger partial charge in [0.15, 0.2) is 5.76 Å². The molecule has 15 heavy (non-hydrogen) atoms. The summed E-state index contributed by atoms with van der Waals surface area (Å²) < 4.78 is 9.01. The van der Waals surface area contributed by atoms with Gasteiger partial charge in [-0.15, -0.1) is 0 Å². The summed E-state index contributed by atoms with van der Waals surface area (Å²) in [5.74, 6) is -2.51. The van der Waals surface area contributed by atoms with Crippen molar-refractivity contribution in [3.63, 3.8) is 0 Å². The molecule has 80 valence electrons. The number of carbonyl (C=O) groups is 3. The smallest absolute Gasteiger partial charge is 0.339 e. The highest BCUT2D eigenvalue weighted by Crippen LogP contribution is 2.24. The fourth-order valence-electron chi connectivity index (χ4n) is 1.00. The van der Waals surface area contributed by atoms with Crippen LogP contribution in [0.25, 0.3) is 0 Å². The fraction of sp³-hybridized carbons (Fsp3) is 0.222. The zero-order valence-electron chi connectivity index (χ0n) is 8.00. The van der Waals surface area contributed by atoms with Gasteiger partial charge in [-0.25, -0.2) is 4.79 Å². The zero-order chi connectivity index (χ0) is 11.6. The molecule has 1 aliphatic rings. The van der Waals surface area contributed by atoms with Gasteiger partial charge >= 0.3 is 5.97 Å². The summed E-state index contributed by atoms with van der Waals surface area (Å²) >= 11 is 2.87. The molecule has 0 bridgehead atoms. The van der Waals surface area contributed by atoms with Crippen molar-refractivity contribution in [3.8, 4) is 0 Å². The first-order valence-electron chi connectivity index (χ1n) is 3.85. The molecule has 1 aliphatic carbocycles. The number of carbonyl (C=O) groups excluding carboxylic acids is 3. The van der Waals surface area contributed by atoms with Crippen LogP contribution < -0.4 is 0 Å². The summed E-state index contributed by atoms with van der Waals surface area (Å²) in [4.78, 5) is 33.8. The molecule has 1 rings (SSSR count). The van der Waals surface area contributed by atoms with E-state index in [4.69, 9.17) is 0 Å². The van der Waals surface area contributed by atoms with Crippen LogP contribution in [0, 0.1) is 0 Å². The number of esters is 1. The number of ether oxygens (including phenoxy) is 2. The normalized spacial score (nSPS) is 16.3. The van der Waals surface area contributed by atoms with Crippen molar-refractivity contribution in [3.05, 3.63) is 21.9 Å². The van der Waals surface area contributed by atoms with E-state index in [0.717, 1.165) is 0 Å². The highest BCUT2D eigenvalue weighted by molar-refractivity contribution is 9.12. The summed E-state index contributed by atoms with van der Waals surface area (Å²) in [5, 5.41) is 0. The van der Waals surface area contributed by atoms with Crippen LogP contribution in [-0.2, 0) is 23.9 Å². The molecule has 6 heteroatoms. The van der Waals surface area contributed by atoms with Crippen LogP contribution in [0.15, 0.2) is 21.9 Å². The number of allylic oxidation sites excluding steroid dienone is 2. The minimum atomic E-state index is -0.824. The number of hydrogen-bond acceptors (Lipinski definition) is 5. The molecular formula is C9H7BrO5. The standard InChI is InChI=1S/C9H7BrO5/c1-14-5-3-4(9(13)15-2)6(10)8(12)7(5)11/h3H,1-2H3. The molecule has 0 spiro atoms. The largest absolute Gasteiger partial charge is 0.492 e. The molecule has 0 amide bonds. The van der Waals surface area contributed by atoms with Crippen molar-refractivity contribution in [1.82, 2.24) is 0 Å². The van der Waals surface area contributed by atoms with E-state index in [1.54, 1.807) is 0 Å². The van der Waals surface area contributed by atoms with Gasteiger partial charge in [0.05, 0.1) is 24.3 Å². The molecule has 0 heterocycles. The van der Waals surface area contributed by atoms with Gasteiger partial charge in [0.2, 0.25) is 5.78 Å². The predicted octanol–water partition coefficient (Wildman–Crippen LogP) is 0.490. The van der Waals surface area contributed by atoms with Crippen molar-refractivity contribution >= 4 is 33.5 Å². The molecule has 0 aromatic carbocycles. The molecular weight excluding hydrogens is 268 g/mol. The van der Waals surface area contributed by atoms with Gasteiger partial charge < -0.3 is 9.47 Å².